The number of halogens is 2. The average Bonchev–Trinajstić information content (AvgIpc) is 2.41. The lowest BCUT2D eigenvalue weighted by Crippen LogP contribution is -2.44. The number of nitrogens with zero attached hydrogens (tertiary/aromatic N) is 1. The van der Waals surface area contributed by atoms with Gasteiger partial charge in [-0.25, -0.2) is 0 Å². The van der Waals surface area contributed by atoms with E-state index in [2.05, 4.69) is 15.6 Å². The predicted molar refractivity (Wildman–Crippen MR) is 86.0 cm³/mol. The minimum atomic E-state index is 0.190. The van der Waals surface area contributed by atoms with E-state index >= 15 is 0 Å². The maximum absolute atomic E-state index is 6.13. The van der Waals surface area contributed by atoms with E-state index in [4.69, 9.17) is 27.9 Å². The van der Waals surface area contributed by atoms with Crippen LogP contribution in [0.3, 0.4) is 0 Å². The summed E-state index contributed by atoms with van der Waals surface area (Å²) in [5.41, 5.74) is 0.948. The molecule has 1 rings (SSSR count). The van der Waals surface area contributed by atoms with Crippen molar-refractivity contribution < 1.29 is 4.74 Å². The summed E-state index contributed by atoms with van der Waals surface area (Å²) < 4.78 is 5.07. The summed E-state index contributed by atoms with van der Waals surface area (Å²) in [7, 11) is 3.41. The topological polar surface area (TPSA) is 45.7 Å². The number of methoxy groups -OCH3 is 1. The van der Waals surface area contributed by atoms with Gasteiger partial charge in [0.2, 0.25) is 0 Å². The van der Waals surface area contributed by atoms with Crippen molar-refractivity contribution in [3.63, 3.8) is 0 Å². The zero-order chi connectivity index (χ0) is 15.0. The Balaban J connectivity index is 2.46. The van der Waals surface area contributed by atoms with Crippen molar-refractivity contribution in [2.45, 2.75) is 19.4 Å². The lowest BCUT2D eigenvalue weighted by Gasteiger charge is -2.17. The lowest BCUT2D eigenvalue weighted by molar-refractivity contribution is 0.179. The molecule has 1 aromatic rings. The molecule has 1 atom stereocenters. The van der Waals surface area contributed by atoms with Crippen LogP contribution in [-0.2, 0) is 11.2 Å². The molecular formula is C14H21Cl2N3O. The van der Waals surface area contributed by atoms with Crippen LogP contribution in [0.25, 0.3) is 0 Å². The monoisotopic (exact) mass is 317 g/mol. The molecule has 0 saturated carbocycles. The number of hydrogen-bond acceptors (Lipinski definition) is 2. The fraction of sp³-hybridized carbons (Fsp3) is 0.500. The first kappa shape index (κ1) is 17.1. The molecule has 6 heteroatoms. The van der Waals surface area contributed by atoms with Crippen LogP contribution in [0.1, 0.15) is 12.5 Å². The van der Waals surface area contributed by atoms with Crippen molar-refractivity contribution in [3.8, 4) is 0 Å². The summed E-state index contributed by atoms with van der Waals surface area (Å²) in [5, 5.41) is 7.84. The molecule has 0 spiro atoms. The molecule has 0 heterocycles. The SMILES string of the molecule is CN=C(NCCc1c(Cl)cccc1Cl)NC(C)COC. The molecule has 0 radical (unpaired) electrons. The highest BCUT2D eigenvalue weighted by Crippen LogP contribution is 2.24. The number of guanidine groups is 1. The van der Waals surface area contributed by atoms with Crippen LogP contribution in [0.2, 0.25) is 10.0 Å². The predicted octanol–water partition coefficient (Wildman–Crippen LogP) is 2.74. The number of ether oxygens (including phenoxy) is 1. The van der Waals surface area contributed by atoms with E-state index in [1.54, 1.807) is 14.2 Å². The van der Waals surface area contributed by atoms with E-state index in [9.17, 15) is 0 Å². The first-order valence-electron chi connectivity index (χ1n) is 6.47. The van der Waals surface area contributed by atoms with Gasteiger partial charge in [0.25, 0.3) is 0 Å². The second-order valence-electron chi connectivity index (χ2n) is 4.45. The molecule has 1 unspecified atom stereocenters. The number of hydrogen-bond donors (Lipinski definition) is 2. The van der Waals surface area contributed by atoms with Gasteiger partial charge >= 0.3 is 0 Å². The van der Waals surface area contributed by atoms with Crippen molar-refractivity contribution in [1.29, 1.82) is 0 Å². The molecule has 0 aliphatic carbocycles. The van der Waals surface area contributed by atoms with E-state index in [1.807, 2.05) is 25.1 Å². The first-order valence-corrected chi connectivity index (χ1v) is 7.23. The Hall–Kier alpha value is -0.970. The Morgan fingerprint density at radius 3 is 2.55 bits per heavy atom. The van der Waals surface area contributed by atoms with Gasteiger partial charge in [0.15, 0.2) is 5.96 Å². The molecule has 0 fully saturated rings. The third-order valence-corrected chi connectivity index (χ3v) is 3.46. The van der Waals surface area contributed by atoms with E-state index in [-0.39, 0.29) is 6.04 Å². The molecule has 0 bridgehead atoms. The Kier molecular flexibility index (Phi) is 7.73. The van der Waals surface area contributed by atoms with Gasteiger partial charge in [-0.1, -0.05) is 29.3 Å². The summed E-state index contributed by atoms with van der Waals surface area (Å²) >= 11 is 12.3. The molecule has 20 heavy (non-hydrogen) atoms. The molecule has 0 aliphatic heterocycles. The molecule has 2 N–H and O–H groups in total. The van der Waals surface area contributed by atoms with Gasteiger partial charge < -0.3 is 15.4 Å². The summed E-state index contributed by atoms with van der Waals surface area (Å²) in [6.07, 6.45) is 0.734. The summed E-state index contributed by atoms with van der Waals surface area (Å²) in [6.45, 7) is 3.35. The minimum Gasteiger partial charge on any atom is -0.383 e. The smallest absolute Gasteiger partial charge is 0.191 e. The summed E-state index contributed by atoms with van der Waals surface area (Å²) in [4.78, 5) is 4.16. The molecule has 112 valence electrons. The molecular weight excluding hydrogens is 297 g/mol. The zero-order valence-corrected chi connectivity index (χ0v) is 13.6. The molecule has 0 amide bonds. The van der Waals surface area contributed by atoms with Crippen molar-refractivity contribution >= 4 is 29.2 Å². The van der Waals surface area contributed by atoms with Crippen LogP contribution in [0.4, 0.5) is 0 Å². The van der Waals surface area contributed by atoms with Gasteiger partial charge in [0, 0.05) is 36.8 Å². The molecule has 0 aromatic heterocycles. The third kappa shape index (κ3) is 5.57. The third-order valence-electron chi connectivity index (χ3n) is 2.75. The maximum atomic E-state index is 6.13. The molecule has 4 nitrogen and oxygen atoms in total. The molecule has 0 saturated heterocycles. The van der Waals surface area contributed by atoms with E-state index in [0.717, 1.165) is 17.9 Å². The summed E-state index contributed by atoms with van der Waals surface area (Å²) in [5.74, 6) is 0.734. The van der Waals surface area contributed by atoms with Gasteiger partial charge in [-0.3, -0.25) is 4.99 Å². The lowest BCUT2D eigenvalue weighted by atomic mass is 10.1. The highest BCUT2D eigenvalue weighted by molar-refractivity contribution is 6.35. The fourth-order valence-electron chi connectivity index (χ4n) is 1.80. The first-order chi connectivity index (χ1) is 9.58. The quantitative estimate of drug-likeness (QED) is 0.626. The van der Waals surface area contributed by atoms with Gasteiger partial charge in [-0.05, 0) is 31.0 Å². The van der Waals surface area contributed by atoms with Crippen LogP contribution < -0.4 is 10.6 Å². The Labute approximate surface area is 130 Å². The van der Waals surface area contributed by atoms with Crippen molar-refractivity contribution in [2.24, 2.45) is 4.99 Å². The summed E-state index contributed by atoms with van der Waals surface area (Å²) in [6, 6.07) is 5.72. The Bertz CT molecular complexity index is 432. The van der Waals surface area contributed by atoms with Crippen LogP contribution >= 0.6 is 23.2 Å². The van der Waals surface area contributed by atoms with Gasteiger partial charge in [-0.15, -0.1) is 0 Å². The second-order valence-corrected chi connectivity index (χ2v) is 5.26. The standard InChI is InChI=1S/C14H21Cl2N3O/c1-10(9-20-3)19-14(17-2)18-8-7-11-12(15)5-4-6-13(11)16/h4-6,10H,7-9H2,1-3H3,(H2,17,18,19). The number of aliphatic imine (C=N–C) groups is 1. The van der Waals surface area contributed by atoms with Crippen LogP contribution in [0.15, 0.2) is 23.2 Å². The second kappa shape index (κ2) is 9.06. The number of benzene rings is 1. The van der Waals surface area contributed by atoms with Crippen molar-refractivity contribution in [2.75, 3.05) is 27.3 Å². The highest BCUT2D eigenvalue weighted by Gasteiger charge is 2.07. The van der Waals surface area contributed by atoms with Crippen LogP contribution in [0, 0.1) is 0 Å². The van der Waals surface area contributed by atoms with E-state index in [0.29, 0.717) is 23.2 Å². The minimum absolute atomic E-state index is 0.190. The normalized spacial score (nSPS) is 13.2. The number of rotatable bonds is 6. The van der Waals surface area contributed by atoms with Crippen LogP contribution in [-0.4, -0.2) is 39.3 Å². The zero-order valence-electron chi connectivity index (χ0n) is 12.0. The van der Waals surface area contributed by atoms with E-state index in [1.165, 1.54) is 0 Å². The van der Waals surface area contributed by atoms with Crippen LogP contribution in [0.5, 0.6) is 0 Å². The van der Waals surface area contributed by atoms with Crippen molar-refractivity contribution in [3.05, 3.63) is 33.8 Å². The largest absolute Gasteiger partial charge is 0.383 e. The Morgan fingerprint density at radius 2 is 2.00 bits per heavy atom. The van der Waals surface area contributed by atoms with E-state index < -0.39 is 0 Å². The van der Waals surface area contributed by atoms with Gasteiger partial charge in [-0.2, -0.15) is 0 Å². The highest BCUT2D eigenvalue weighted by atomic mass is 35.5. The molecule has 1 aromatic carbocycles. The van der Waals surface area contributed by atoms with Gasteiger partial charge in [0.05, 0.1) is 6.61 Å². The fourth-order valence-corrected chi connectivity index (χ4v) is 2.38. The van der Waals surface area contributed by atoms with Gasteiger partial charge in [0.1, 0.15) is 0 Å². The average molecular weight is 318 g/mol. The number of nitrogens with one attached hydrogen (secondary N) is 2. The van der Waals surface area contributed by atoms with Crippen molar-refractivity contribution in [1.82, 2.24) is 10.6 Å². The Morgan fingerprint density at radius 1 is 1.35 bits per heavy atom. The maximum Gasteiger partial charge on any atom is 0.191 e. The molecule has 0 aliphatic rings.